The van der Waals surface area contributed by atoms with E-state index < -0.39 is 0 Å². The molecule has 1 unspecified atom stereocenters. The molecular weight excluding hydrogens is 324 g/mol. The predicted octanol–water partition coefficient (Wildman–Crippen LogP) is 4.70. The molecule has 1 atom stereocenters. The van der Waals surface area contributed by atoms with Crippen LogP contribution in [0.4, 0.5) is 0 Å². The highest BCUT2D eigenvalue weighted by Gasteiger charge is 2.13. The fourth-order valence-corrected chi connectivity index (χ4v) is 3.00. The molecule has 2 nitrogen and oxygen atoms in total. The zero-order valence-corrected chi connectivity index (χ0v) is 13.5. The summed E-state index contributed by atoms with van der Waals surface area (Å²) in [6, 6.07) is 19.2. The van der Waals surface area contributed by atoms with Gasteiger partial charge in [-0.2, -0.15) is 0 Å². The number of hydrogen-bond donors (Lipinski definition) is 1. The molecule has 21 heavy (non-hydrogen) atoms. The van der Waals surface area contributed by atoms with Gasteiger partial charge in [0.1, 0.15) is 0 Å². The van der Waals surface area contributed by atoms with Gasteiger partial charge in [0, 0.05) is 16.1 Å². The van der Waals surface area contributed by atoms with Gasteiger partial charge in [0.05, 0.1) is 11.6 Å². The Kier molecular flexibility index (Phi) is 4.32. The van der Waals surface area contributed by atoms with Crippen molar-refractivity contribution in [2.45, 2.75) is 13.0 Å². The Balaban J connectivity index is 2.06. The zero-order chi connectivity index (χ0) is 14.7. The van der Waals surface area contributed by atoms with Crippen LogP contribution in [0.2, 0.25) is 0 Å². The van der Waals surface area contributed by atoms with Gasteiger partial charge < -0.3 is 5.32 Å². The first-order valence-electron chi connectivity index (χ1n) is 7.11. The summed E-state index contributed by atoms with van der Waals surface area (Å²) in [4.78, 5) is 4.46. The lowest BCUT2D eigenvalue weighted by molar-refractivity contribution is 0.631. The molecule has 2 aromatic carbocycles. The van der Waals surface area contributed by atoms with Gasteiger partial charge in [0.15, 0.2) is 0 Å². The van der Waals surface area contributed by atoms with Crippen LogP contribution < -0.4 is 5.32 Å². The van der Waals surface area contributed by atoms with Gasteiger partial charge in [-0.15, -0.1) is 0 Å². The van der Waals surface area contributed by atoms with Crippen molar-refractivity contribution in [2.24, 2.45) is 0 Å². The summed E-state index contributed by atoms with van der Waals surface area (Å²) in [6.07, 6.45) is 1.84. The number of halogens is 1. The van der Waals surface area contributed by atoms with Crippen molar-refractivity contribution in [1.82, 2.24) is 10.3 Å². The third kappa shape index (κ3) is 3.14. The van der Waals surface area contributed by atoms with Gasteiger partial charge in [0.2, 0.25) is 0 Å². The molecule has 1 N–H and O–H groups in total. The molecule has 0 bridgehead atoms. The second-order valence-corrected chi connectivity index (χ2v) is 5.92. The Morgan fingerprint density at radius 1 is 1.05 bits per heavy atom. The van der Waals surface area contributed by atoms with E-state index in [1.54, 1.807) is 0 Å². The number of nitrogens with one attached hydrogen (secondary N) is 1. The number of nitrogens with zero attached hydrogens (tertiary/aromatic N) is 1. The topological polar surface area (TPSA) is 24.9 Å². The van der Waals surface area contributed by atoms with Gasteiger partial charge in [-0.1, -0.05) is 53.2 Å². The van der Waals surface area contributed by atoms with Crippen LogP contribution in [0.3, 0.4) is 0 Å². The minimum Gasteiger partial charge on any atom is -0.307 e. The Labute approximate surface area is 133 Å². The molecule has 0 spiro atoms. The summed E-state index contributed by atoms with van der Waals surface area (Å²) in [7, 11) is 0. The highest BCUT2D eigenvalue weighted by molar-refractivity contribution is 9.10. The SMILES string of the molecule is CCNC(c1cccc(Br)c1)c1ccc2cccnc2c1. The van der Waals surface area contributed by atoms with Crippen molar-refractivity contribution in [3.8, 4) is 0 Å². The van der Waals surface area contributed by atoms with Gasteiger partial charge in [0.25, 0.3) is 0 Å². The molecule has 3 rings (SSSR count). The van der Waals surface area contributed by atoms with Crippen LogP contribution in [-0.2, 0) is 0 Å². The van der Waals surface area contributed by atoms with E-state index in [0.717, 1.165) is 16.5 Å². The van der Waals surface area contributed by atoms with E-state index in [1.165, 1.54) is 16.5 Å². The first kappa shape index (κ1) is 14.2. The minimum atomic E-state index is 0.180. The van der Waals surface area contributed by atoms with E-state index in [0.29, 0.717) is 0 Å². The summed E-state index contributed by atoms with van der Waals surface area (Å²) in [5.74, 6) is 0. The minimum absolute atomic E-state index is 0.180. The normalized spacial score (nSPS) is 12.5. The van der Waals surface area contributed by atoms with Crippen molar-refractivity contribution in [3.63, 3.8) is 0 Å². The van der Waals surface area contributed by atoms with Crippen molar-refractivity contribution in [3.05, 3.63) is 76.4 Å². The molecule has 0 radical (unpaired) electrons. The lowest BCUT2D eigenvalue weighted by Gasteiger charge is -2.19. The van der Waals surface area contributed by atoms with Gasteiger partial charge in [-0.05, 0) is 41.9 Å². The number of aromatic nitrogens is 1. The summed E-state index contributed by atoms with van der Waals surface area (Å²) < 4.78 is 1.10. The average Bonchev–Trinajstić information content (AvgIpc) is 2.52. The second kappa shape index (κ2) is 6.37. The third-order valence-corrected chi connectivity index (χ3v) is 4.05. The standard InChI is InChI=1S/C18H17BrN2/c1-2-20-18(14-5-3-7-16(19)11-14)15-9-8-13-6-4-10-21-17(13)12-15/h3-12,18,20H,2H2,1H3. The molecule has 0 aliphatic carbocycles. The quantitative estimate of drug-likeness (QED) is 0.744. The van der Waals surface area contributed by atoms with E-state index in [9.17, 15) is 0 Å². The van der Waals surface area contributed by atoms with E-state index in [2.05, 4.69) is 81.7 Å². The molecule has 0 fully saturated rings. The van der Waals surface area contributed by atoms with Crippen molar-refractivity contribution in [2.75, 3.05) is 6.54 Å². The van der Waals surface area contributed by atoms with E-state index >= 15 is 0 Å². The molecule has 3 heteroatoms. The average molecular weight is 341 g/mol. The fourth-order valence-electron chi connectivity index (χ4n) is 2.58. The van der Waals surface area contributed by atoms with Crippen LogP contribution in [-0.4, -0.2) is 11.5 Å². The highest BCUT2D eigenvalue weighted by atomic mass is 79.9. The van der Waals surface area contributed by atoms with Crippen LogP contribution in [0.5, 0.6) is 0 Å². The summed E-state index contributed by atoms with van der Waals surface area (Å²) in [6.45, 7) is 3.04. The molecule has 0 saturated carbocycles. The number of fused-ring (bicyclic) bond motifs is 1. The van der Waals surface area contributed by atoms with Crippen LogP contribution in [0.15, 0.2) is 65.3 Å². The van der Waals surface area contributed by atoms with E-state index in [1.807, 2.05) is 12.3 Å². The maximum absolute atomic E-state index is 4.46. The van der Waals surface area contributed by atoms with E-state index in [-0.39, 0.29) is 6.04 Å². The van der Waals surface area contributed by atoms with Crippen LogP contribution >= 0.6 is 15.9 Å². The van der Waals surface area contributed by atoms with Crippen LogP contribution in [0.1, 0.15) is 24.1 Å². The Morgan fingerprint density at radius 3 is 2.71 bits per heavy atom. The Bertz CT molecular complexity index is 755. The molecule has 0 aliphatic rings. The molecule has 106 valence electrons. The molecule has 0 amide bonds. The van der Waals surface area contributed by atoms with Crippen LogP contribution in [0.25, 0.3) is 10.9 Å². The number of hydrogen-bond acceptors (Lipinski definition) is 2. The Hall–Kier alpha value is -1.71. The third-order valence-electron chi connectivity index (χ3n) is 3.55. The smallest absolute Gasteiger partial charge is 0.0705 e. The number of rotatable bonds is 4. The lowest BCUT2D eigenvalue weighted by Crippen LogP contribution is -2.22. The largest absolute Gasteiger partial charge is 0.307 e. The number of pyridine rings is 1. The van der Waals surface area contributed by atoms with E-state index in [4.69, 9.17) is 0 Å². The van der Waals surface area contributed by atoms with Gasteiger partial charge in [-0.25, -0.2) is 0 Å². The van der Waals surface area contributed by atoms with Crippen molar-refractivity contribution in [1.29, 1.82) is 0 Å². The first-order chi connectivity index (χ1) is 10.3. The monoisotopic (exact) mass is 340 g/mol. The zero-order valence-electron chi connectivity index (χ0n) is 11.9. The van der Waals surface area contributed by atoms with Crippen LogP contribution in [0, 0.1) is 0 Å². The number of benzene rings is 2. The van der Waals surface area contributed by atoms with Crippen molar-refractivity contribution < 1.29 is 0 Å². The predicted molar refractivity (Wildman–Crippen MR) is 91.4 cm³/mol. The molecule has 0 aliphatic heterocycles. The molecule has 1 aromatic heterocycles. The maximum Gasteiger partial charge on any atom is 0.0705 e. The molecule has 1 heterocycles. The first-order valence-corrected chi connectivity index (χ1v) is 7.91. The summed E-state index contributed by atoms with van der Waals surface area (Å²) in [5, 5.41) is 4.73. The lowest BCUT2D eigenvalue weighted by atomic mass is 9.97. The fraction of sp³-hybridized carbons (Fsp3) is 0.167. The summed E-state index contributed by atoms with van der Waals surface area (Å²) >= 11 is 3.55. The second-order valence-electron chi connectivity index (χ2n) is 5.00. The highest BCUT2D eigenvalue weighted by Crippen LogP contribution is 2.26. The van der Waals surface area contributed by atoms with Gasteiger partial charge >= 0.3 is 0 Å². The van der Waals surface area contributed by atoms with Gasteiger partial charge in [-0.3, -0.25) is 4.98 Å². The molecule has 3 aromatic rings. The maximum atomic E-state index is 4.46. The summed E-state index contributed by atoms with van der Waals surface area (Å²) in [5.41, 5.74) is 3.52. The van der Waals surface area contributed by atoms with Crippen molar-refractivity contribution >= 4 is 26.8 Å². The molecule has 0 saturated heterocycles. The Morgan fingerprint density at radius 2 is 1.90 bits per heavy atom. The molecular formula is C18H17BrN2.